The van der Waals surface area contributed by atoms with E-state index in [0.29, 0.717) is 0 Å². The zero-order valence-electron chi connectivity index (χ0n) is 16.1. The van der Waals surface area contributed by atoms with Gasteiger partial charge in [-0.25, -0.2) is 24.5 Å². The predicted octanol–water partition coefficient (Wildman–Crippen LogP) is 1.87. The number of alkyl halides is 5. The quantitative estimate of drug-likeness (QED) is 0.559. The summed E-state index contributed by atoms with van der Waals surface area (Å²) in [4.78, 5) is 40.0. The molecule has 0 saturated carbocycles. The zero-order valence-corrected chi connectivity index (χ0v) is 16.1. The fourth-order valence-electron chi connectivity index (χ4n) is 3.22. The first kappa shape index (κ1) is 21.5. The maximum Gasteiger partial charge on any atom is 0.453 e. The largest absolute Gasteiger partial charge is 0.453 e. The molecule has 10 nitrogen and oxygen atoms in total. The van der Waals surface area contributed by atoms with Crippen molar-refractivity contribution < 1.29 is 31.5 Å². The standard InChI is InChI=1S/C17H13F5N8O2/c1-6-9-10(11(23)31)27-12(28-13(9)29-15(6)32)8-4-30-14(24-5-25-30)7(26-8)2-3-16(18,19)17(20,21)22/h4-6H,2-3H2,1H3,(H2,23,31)(H,27,28,29,32)/t6-/m1/s1. The van der Waals surface area contributed by atoms with E-state index in [-0.39, 0.29) is 39.9 Å². The highest BCUT2D eigenvalue weighted by molar-refractivity contribution is 6.06. The number of hydrogen-bond donors (Lipinski definition) is 2. The Morgan fingerprint density at radius 1 is 1.22 bits per heavy atom. The highest BCUT2D eigenvalue weighted by Gasteiger charge is 2.56. The third-order valence-electron chi connectivity index (χ3n) is 4.90. The van der Waals surface area contributed by atoms with E-state index < -0.39 is 42.7 Å². The molecule has 3 aromatic heterocycles. The summed E-state index contributed by atoms with van der Waals surface area (Å²) in [5.41, 5.74) is 4.96. The van der Waals surface area contributed by atoms with Gasteiger partial charge in [-0.3, -0.25) is 9.59 Å². The first-order valence-corrected chi connectivity index (χ1v) is 9.06. The topological polar surface area (TPSA) is 141 Å². The molecule has 0 unspecified atom stereocenters. The van der Waals surface area contributed by atoms with Crippen molar-refractivity contribution in [3.63, 3.8) is 0 Å². The molecule has 0 radical (unpaired) electrons. The van der Waals surface area contributed by atoms with Gasteiger partial charge in [-0.15, -0.1) is 0 Å². The molecule has 0 spiro atoms. The van der Waals surface area contributed by atoms with Crippen LogP contribution in [0.4, 0.5) is 27.8 Å². The number of nitrogens with two attached hydrogens (primary N) is 1. The molecular formula is C17H13F5N8O2. The first-order valence-electron chi connectivity index (χ1n) is 9.06. The molecule has 3 aromatic rings. The Hall–Kier alpha value is -3.78. The number of rotatable bonds is 5. The van der Waals surface area contributed by atoms with E-state index in [9.17, 15) is 31.5 Å². The number of nitrogens with zero attached hydrogens (tertiary/aromatic N) is 6. The molecule has 1 aliphatic heterocycles. The predicted molar refractivity (Wildman–Crippen MR) is 96.7 cm³/mol. The highest BCUT2D eigenvalue weighted by Crippen LogP contribution is 2.39. The second kappa shape index (κ2) is 7.13. The van der Waals surface area contributed by atoms with Gasteiger partial charge in [0, 0.05) is 12.0 Å². The van der Waals surface area contributed by atoms with Crippen LogP contribution >= 0.6 is 0 Å². The monoisotopic (exact) mass is 456 g/mol. The minimum absolute atomic E-state index is 0.0203. The summed E-state index contributed by atoms with van der Waals surface area (Å²) in [6.07, 6.45) is -5.76. The van der Waals surface area contributed by atoms with Crippen LogP contribution in [-0.2, 0) is 11.2 Å². The van der Waals surface area contributed by atoms with E-state index in [0.717, 1.165) is 10.8 Å². The minimum atomic E-state index is -5.72. The molecule has 4 heterocycles. The second-order valence-electron chi connectivity index (χ2n) is 7.04. The van der Waals surface area contributed by atoms with E-state index in [1.165, 1.54) is 13.1 Å². The Morgan fingerprint density at radius 2 is 1.94 bits per heavy atom. The molecule has 15 heteroatoms. The van der Waals surface area contributed by atoms with Crippen LogP contribution in [0.2, 0.25) is 0 Å². The molecule has 168 valence electrons. The van der Waals surface area contributed by atoms with E-state index in [4.69, 9.17) is 5.73 Å². The van der Waals surface area contributed by atoms with Crippen molar-refractivity contribution in [3.05, 3.63) is 29.5 Å². The fourth-order valence-corrected chi connectivity index (χ4v) is 3.22. The Bertz CT molecular complexity index is 1260. The van der Waals surface area contributed by atoms with Crippen molar-refractivity contribution in [1.29, 1.82) is 0 Å². The van der Waals surface area contributed by atoms with Gasteiger partial charge in [0.2, 0.25) is 5.91 Å². The normalized spacial score (nSPS) is 16.3. The SMILES string of the molecule is C[C@H]1C(=O)Nc2nc(-c3cn4ncnc4c(CCC(F)(F)C(F)(F)F)n3)nc(C(N)=O)c21. The minimum Gasteiger partial charge on any atom is -0.364 e. The van der Waals surface area contributed by atoms with Crippen molar-refractivity contribution >= 4 is 23.3 Å². The molecule has 0 bridgehead atoms. The van der Waals surface area contributed by atoms with Gasteiger partial charge in [-0.2, -0.15) is 27.1 Å². The number of hydrogen-bond acceptors (Lipinski definition) is 7. The van der Waals surface area contributed by atoms with Crippen LogP contribution in [0.3, 0.4) is 0 Å². The van der Waals surface area contributed by atoms with Gasteiger partial charge in [0.15, 0.2) is 11.5 Å². The number of carbonyl (C=O) groups is 2. The first-order chi connectivity index (χ1) is 14.9. The average molecular weight is 456 g/mol. The molecule has 32 heavy (non-hydrogen) atoms. The second-order valence-corrected chi connectivity index (χ2v) is 7.04. The number of primary amides is 1. The van der Waals surface area contributed by atoms with Crippen LogP contribution in [0, 0.1) is 0 Å². The van der Waals surface area contributed by atoms with Gasteiger partial charge in [0.1, 0.15) is 23.5 Å². The molecule has 1 aliphatic rings. The fraction of sp³-hybridized carbons (Fsp3) is 0.353. The number of fused-ring (bicyclic) bond motifs is 2. The highest BCUT2D eigenvalue weighted by atomic mass is 19.4. The van der Waals surface area contributed by atoms with Crippen LogP contribution in [0.15, 0.2) is 12.5 Å². The lowest BCUT2D eigenvalue weighted by atomic mass is 10.0. The summed E-state index contributed by atoms with van der Waals surface area (Å²) in [5, 5.41) is 6.33. The number of nitrogens with one attached hydrogen (secondary N) is 1. The van der Waals surface area contributed by atoms with E-state index in [2.05, 4.69) is 30.4 Å². The van der Waals surface area contributed by atoms with Crippen LogP contribution in [0.5, 0.6) is 0 Å². The number of aryl methyl sites for hydroxylation is 1. The van der Waals surface area contributed by atoms with Crippen LogP contribution in [0.1, 0.15) is 41.0 Å². The maximum atomic E-state index is 13.4. The number of amides is 2. The van der Waals surface area contributed by atoms with E-state index >= 15 is 0 Å². The lowest BCUT2D eigenvalue weighted by Gasteiger charge is -2.19. The smallest absolute Gasteiger partial charge is 0.364 e. The average Bonchev–Trinajstić information content (AvgIpc) is 3.29. The molecule has 1 atom stereocenters. The molecule has 3 N–H and O–H groups in total. The zero-order chi connectivity index (χ0) is 23.4. The third-order valence-corrected chi connectivity index (χ3v) is 4.90. The summed E-state index contributed by atoms with van der Waals surface area (Å²) in [6.45, 7) is 1.52. The number of halogens is 5. The molecule has 0 aromatic carbocycles. The van der Waals surface area contributed by atoms with Gasteiger partial charge in [0.25, 0.3) is 5.91 Å². The maximum absolute atomic E-state index is 13.4. The summed E-state index contributed by atoms with van der Waals surface area (Å²) in [7, 11) is 0. The van der Waals surface area contributed by atoms with Gasteiger partial charge in [0.05, 0.1) is 17.8 Å². The molecule has 0 aliphatic carbocycles. The lowest BCUT2D eigenvalue weighted by Crippen LogP contribution is -2.36. The Kier molecular flexibility index (Phi) is 4.78. The van der Waals surface area contributed by atoms with Gasteiger partial charge < -0.3 is 11.1 Å². The lowest BCUT2D eigenvalue weighted by molar-refractivity contribution is -0.284. The summed E-state index contributed by atoms with van der Waals surface area (Å²) < 4.78 is 65.6. The van der Waals surface area contributed by atoms with Gasteiger partial charge >= 0.3 is 12.1 Å². The third kappa shape index (κ3) is 3.48. The van der Waals surface area contributed by atoms with Crippen LogP contribution in [-0.4, -0.2) is 53.5 Å². The van der Waals surface area contributed by atoms with Crippen LogP contribution < -0.4 is 11.1 Å². The molecule has 0 saturated heterocycles. The molecule has 0 fully saturated rings. The van der Waals surface area contributed by atoms with Crippen molar-refractivity contribution in [2.45, 2.75) is 37.8 Å². The van der Waals surface area contributed by atoms with E-state index in [1.54, 1.807) is 0 Å². The van der Waals surface area contributed by atoms with Crippen molar-refractivity contribution in [3.8, 4) is 11.5 Å². The summed E-state index contributed by atoms with van der Waals surface area (Å²) in [6, 6.07) is 0. The molecule has 2 amide bonds. The van der Waals surface area contributed by atoms with Gasteiger partial charge in [-0.1, -0.05) is 0 Å². The number of carbonyl (C=O) groups excluding carboxylic acids is 2. The number of anilines is 1. The van der Waals surface area contributed by atoms with Crippen molar-refractivity contribution in [2.24, 2.45) is 5.73 Å². The molecule has 4 rings (SSSR count). The number of aromatic nitrogens is 6. The summed E-state index contributed by atoms with van der Waals surface area (Å²) >= 11 is 0. The van der Waals surface area contributed by atoms with Crippen molar-refractivity contribution in [1.82, 2.24) is 29.5 Å². The van der Waals surface area contributed by atoms with Crippen molar-refractivity contribution in [2.75, 3.05) is 5.32 Å². The molecular weight excluding hydrogens is 443 g/mol. The Balaban J connectivity index is 1.80. The summed E-state index contributed by atoms with van der Waals surface area (Å²) in [5.74, 6) is -7.26. The Labute approximate surface area is 175 Å². The Morgan fingerprint density at radius 3 is 2.59 bits per heavy atom. The van der Waals surface area contributed by atoms with Gasteiger partial charge in [-0.05, 0) is 13.3 Å². The van der Waals surface area contributed by atoms with E-state index in [1.807, 2.05) is 0 Å². The van der Waals surface area contributed by atoms with Crippen LogP contribution in [0.25, 0.3) is 17.2 Å².